The van der Waals surface area contributed by atoms with Gasteiger partial charge in [0.2, 0.25) is 0 Å². The monoisotopic (exact) mass is 470 g/mol. The van der Waals surface area contributed by atoms with Gasteiger partial charge in [0.15, 0.2) is 10.9 Å². The van der Waals surface area contributed by atoms with Gasteiger partial charge >= 0.3 is 5.82 Å². The number of hydrogen-bond donors (Lipinski definition) is 1. The molecule has 0 saturated heterocycles. The summed E-state index contributed by atoms with van der Waals surface area (Å²) in [7, 11) is 0. The van der Waals surface area contributed by atoms with Crippen LogP contribution in [0.15, 0.2) is 72.8 Å². The standard InChI is InChI=1S/C19H12IN5O2/c20-17-12-5-4-9-14(17)15-10-6-11-16(18(15)25(26)27)19-21-23-24(22-19)13-7-2-1-3-8-13/h1-12H/p+1. The van der Waals surface area contributed by atoms with Crippen LogP contribution in [0.2, 0.25) is 0 Å². The van der Waals surface area contributed by atoms with E-state index in [4.69, 9.17) is 0 Å². The van der Waals surface area contributed by atoms with Crippen molar-refractivity contribution in [3.8, 4) is 28.2 Å². The Labute approximate surface area is 168 Å². The summed E-state index contributed by atoms with van der Waals surface area (Å²) in [6.45, 7) is 0. The van der Waals surface area contributed by atoms with Gasteiger partial charge in [-0.2, -0.15) is 5.10 Å². The lowest BCUT2D eigenvalue weighted by Gasteiger charge is -2.07. The van der Waals surface area contributed by atoms with Crippen molar-refractivity contribution in [1.29, 1.82) is 0 Å². The highest BCUT2D eigenvalue weighted by Crippen LogP contribution is 2.38. The quantitative estimate of drug-likeness (QED) is 0.212. The molecule has 0 aliphatic rings. The van der Waals surface area contributed by atoms with Crippen molar-refractivity contribution in [1.82, 2.24) is 15.4 Å². The summed E-state index contributed by atoms with van der Waals surface area (Å²) in [5.41, 5.74) is 2.53. The van der Waals surface area contributed by atoms with Crippen molar-refractivity contribution < 1.29 is 9.72 Å². The van der Waals surface area contributed by atoms with E-state index in [1.807, 2.05) is 54.6 Å². The van der Waals surface area contributed by atoms with Gasteiger partial charge in [0, 0.05) is 9.13 Å². The van der Waals surface area contributed by atoms with E-state index in [9.17, 15) is 10.1 Å². The fourth-order valence-electron chi connectivity index (χ4n) is 2.86. The number of nitro groups is 1. The summed E-state index contributed by atoms with van der Waals surface area (Å²) in [5.74, 6) is 0.332. The van der Waals surface area contributed by atoms with E-state index >= 15 is 0 Å². The van der Waals surface area contributed by atoms with Crippen LogP contribution in [0.4, 0.5) is 5.69 Å². The molecule has 27 heavy (non-hydrogen) atoms. The second-order valence-corrected chi connectivity index (χ2v) is 6.90. The SMILES string of the molecule is O=[N+]([O-])c1c(-c2nn[n+](-c3ccccc3)[nH]2)cccc1-c1ccccc1I. The smallest absolute Gasteiger partial charge is 0.258 e. The lowest BCUT2D eigenvalue weighted by molar-refractivity contribution is -0.716. The highest BCUT2D eigenvalue weighted by atomic mass is 127. The van der Waals surface area contributed by atoms with Crippen molar-refractivity contribution in [2.75, 3.05) is 0 Å². The minimum atomic E-state index is -0.372. The van der Waals surface area contributed by atoms with Crippen LogP contribution in [-0.2, 0) is 0 Å². The molecular weight excluding hydrogens is 457 g/mol. The number of aromatic amines is 1. The topological polar surface area (TPSA) is 88.6 Å². The summed E-state index contributed by atoms with van der Waals surface area (Å²) in [4.78, 5) is 13.0. The summed E-state index contributed by atoms with van der Waals surface area (Å²) >= 11 is 2.18. The van der Waals surface area contributed by atoms with Crippen molar-refractivity contribution >= 4 is 28.3 Å². The molecule has 1 N–H and O–H groups in total. The fourth-order valence-corrected chi connectivity index (χ4v) is 3.54. The average molecular weight is 470 g/mol. The first-order valence-electron chi connectivity index (χ1n) is 8.08. The maximum Gasteiger partial charge on any atom is 0.320 e. The zero-order valence-electron chi connectivity index (χ0n) is 13.9. The Morgan fingerprint density at radius 2 is 1.56 bits per heavy atom. The summed E-state index contributed by atoms with van der Waals surface area (Å²) in [5, 5.41) is 23.1. The number of tetrazole rings is 1. The molecule has 0 saturated carbocycles. The van der Waals surface area contributed by atoms with Gasteiger partial charge in [0.25, 0.3) is 5.69 Å². The Hall–Kier alpha value is -3.14. The minimum Gasteiger partial charge on any atom is -0.258 e. The second-order valence-electron chi connectivity index (χ2n) is 5.74. The molecule has 0 bridgehead atoms. The molecule has 1 aromatic heterocycles. The molecule has 3 aromatic carbocycles. The van der Waals surface area contributed by atoms with E-state index in [-0.39, 0.29) is 10.6 Å². The molecule has 0 spiro atoms. The van der Waals surface area contributed by atoms with Crippen LogP contribution in [0.25, 0.3) is 28.2 Å². The van der Waals surface area contributed by atoms with Gasteiger partial charge < -0.3 is 0 Å². The predicted octanol–water partition coefficient (Wildman–Crippen LogP) is 3.93. The van der Waals surface area contributed by atoms with Gasteiger partial charge in [-0.3, -0.25) is 10.1 Å². The molecule has 0 atom stereocenters. The van der Waals surface area contributed by atoms with Crippen LogP contribution in [0.3, 0.4) is 0 Å². The molecule has 8 heteroatoms. The first kappa shape index (κ1) is 17.3. The number of nitrogens with zero attached hydrogens (tertiary/aromatic N) is 4. The third-order valence-electron chi connectivity index (χ3n) is 4.08. The largest absolute Gasteiger partial charge is 0.320 e. The van der Waals surface area contributed by atoms with E-state index in [1.165, 1.54) is 4.80 Å². The maximum absolute atomic E-state index is 11.9. The predicted molar refractivity (Wildman–Crippen MR) is 108 cm³/mol. The highest BCUT2D eigenvalue weighted by Gasteiger charge is 2.28. The first-order valence-corrected chi connectivity index (χ1v) is 9.16. The molecule has 0 unspecified atom stereocenters. The zero-order valence-corrected chi connectivity index (χ0v) is 16.1. The molecule has 4 rings (SSSR count). The lowest BCUT2D eigenvalue weighted by atomic mass is 10.00. The molecule has 0 fully saturated rings. The minimum absolute atomic E-state index is 0.00187. The van der Waals surface area contributed by atoms with E-state index in [0.717, 1.165) is 14.8 Å². The average Bonchev–Trinajstić information content (AvgIpc) is 3.18. The highest BCUT2D eigenvalue weighted by molar-refractivity contribution is 14.1. The number of benzene rings is 3. The summed E-state index contributed by atoms with van der Waals surface area (Å²) < 4.78 is 0.937. The number of hydrogen-bond acceptors (Lipinski definition) is 4. The first-order chi connectivity index (χ1) is 13.1. The van der Waals surface area contributed by atoms with Crippen molar-refractivity contribution in [3.63, 3.8) is 0 Å². The molecular formula is C19H13IN5O2+. The zero-order chi connectivity index (χ0) is 18.8. The third-order valence-corrected chi connectivity index (χ3v) is 5.03. The van der Waals surface area contributed by atoms with Crippen LogP contribution in [-0.4, -0.2) is 20.3 Å². The van der Waals surface area contributed by atoms with E-state index < -0.39 is 0 Å². The maximum atomic E-state index is 11.9. The van der Waals surface area contributed by atoms with Crippen molar-refractivity contribution in [3.05, 3.63) is 86.5 Å². The van der Waals surface area contributed by atoms with Crippen LogP contribution in [0.1, 0.15) is 0 Å². The number of rotatable bonds is 4. The van der Waals surface area contributed by atoms with Crippen molar-refractivity contribution in [2.24, 2.45) is 0 Å². The number of nitrogens with one attached hydrogen (secondary N) is 1. The second kappa shape index (κ2) is 7.23. The molecule has 0 aliphatic heterocycles. The Bertz CT molecular complexity index is 1130. The lowest BCUT2D eigenvalue weighted by Crippen LogP contribution is -2.35. The molecule has 7 nitrogen and oxygen atoms in total. The molecule has 1 heterocycles. The van der Waals surface area contributed by atoms with Crippen LogP contribution in [0.5, 0.6) is 0 Å². The molecule has 0 radical (unpaired) electrons. The summed E-state index contributed by atoms with van der Waals surface area (Å²) in [6.07, 6.45) is 0. The van der Waals surface area contributed by atoms with Crippen LogP contribution < -0.4 is 4.80 Å². The van der Waals surface area contributed by atoms with Crippen LogP contribution in [0, 0.1) is 13.7 Å². The Kier molecular flexibility index (Phi) is 4.63. The molecule has 132 valence electrons. The van der Waals surface area contributed by atoms with Gasteiger partial charge in [0.1, 0.15) is 5.56 Å². The van der Waals surface area contributed by atoms with Crippen molar-refractivity contribution in [2.45, 2.75) is 0 Å². The van der Waals surface area contributed by atoms with Gasteiger partial charge in [-0.15, -0.1) is 0 Å². The Balaban J connectivity index is 1.88. The Morgan fingerprint density at radius 3 is 2.30 bits per heavy atom. The number of aromatic nitrogens is 4. The summed E-state index contributed by atoms with van der Waals surface area (Å²) in [6, 6.07) is 22.2. The Morgan fingerprint density at radius 1 is 0.889 bits per heavy atom. The number of nitro benzene ring substituents is 1. The van der Waals surface area contributed by atoms with E-state index in [0.29, 0.717) is 17.0 Å². The van der Waals surface area contributed by atoms with Crippen LogP contribution >= 0.6 is 22.6 Å². The van der Waals surface area contributed by atoms with Gasteiger partial charge in [0.05, 0.1) is 15.6 Å². The molecule has 4 aromatic rings. The number of para-hydroxylation sites is 2. The number of H-pyrrole nitrogens is 1. The van der Waals surface area contributed by atoms with Gasteiger partial charge in [-0.1, -0.05) is 42.5 Å². The van der Waals surface area contributed by atoms with Gasteiger partial charge in [-0.25, -0.2) is 0 Å². The van der Waals surface area contributed by atoms with Gasteiger partial charge in [-0.05, 0) is 57.7 Å². The normalized spacial score (nSPS) is 10.7. The number of halogens is 1. The van der Waals surface area contributed by atoms with E-state index in [1.54, 1.807) is 18.2 Å². The molecule has 0 amide bonds. The van der Waals surface area contributed by atoms with E-state index in [2.05, 4.69) is 38.0 Å². The fraction of sp³-hybridized carbons (Fsp3) is 0. The molecule has 0 aliphatic carbocycles. The third kappa shape index (κ3) is 3.31.